The van der Waals surface area contributed by atoms with E-state index in [2.05, 4.69) is 24.2 Å². The highest BCUT2D eigenvalue weighted by Crippen LogP contribution is 2.20. The number of hydrogen-bond acceptors (Lipinski definition) is 2. The fraction of sp³-hybridized carbons (Fsp3) is 0.500. The highest BCUT2D eigenvalue weighted by molar-refractivity contribution is 5.81. The van der Waals surface area contributed by atoms with Gasteiger partial charge in [-0.2, -0.15) is 0 Å². The van der Waals surface area contributed by atoms with E-state index in [-0.39, 0.29) is 0 Å². The summed E-state index contributed by atoms with van der Waals surface area (Å²) in [5, 5.41) is 4.10. The molecule has 0 aliphatic heterocycles. The summed E-state index contributed by atoms with van der Waals surface area (Å²) in [5.74, 6) is 0. The minimum Gasteiger partial charge on any atom is -0.393 e. The Morgan fingerprint density at radius 2 is 1.94 bits per heavy atom. The normalized spacial score (nSPS) is 17.8. The van der Waals surface area contributed by atoms with Gasteiger partial charge in [0.05, 0.1) is 6.21 Å². The lowest BCUT2D eigenvalue weighted by Crippen LogP contribution is -2.13. The molecule has 1 aliphatic rings. The van der Waals surface area contributed by atoms with Gasteiger partial charge in [-0.05, 0) is 43.7 Å². The quantitative estimate of drug-likeness (QED) is 0.559. The van der Waals surface area contributed by atoms with Crippen molar-refractivity contribution in [3.8, 4) is 0 Å². The Labute approximate surface area is 97.3 Å². The average molecular weight is 217 g/mol. The molecule has 0 unspecified atom stereocenters. The summed E-state index contributed by atoms with van der Waals surface area (Å²) in [6.45, 7) is 2.09. The van der Waals surface area contributed by atoms with Crippen LogP contribution in [0.25, 0.3) is 0 Å². The second-order valence-corrected chi connectivity index (χ2v) is 4.46. The summed E-state index contributed by atoms with van der Waals surface area (Å²) in [4.78, 5) is 5.51. The van der Waals surface area contributed by atoms with E-state index >= 15 is 0 Å². The maximum absolute atomic E-state index is 5.51. The Balaban J connectivity index is 1.87. The van der Waals surface area contributed by atoms with Crippen molar-refractivity contribution in [1.29, 1.82) is 0 Å². The van der Waals surface area contributed by atoms with Crippen LogP contribution in [0.1, 0.15) is 43.2 Å². The zero-order chi connectivity index (χ0) is 11.2. The Morgan fingerprint density at radius 1 is 1.19 bits per heavy atom. The summed E-state index contributed by atoms with van der Waals surface area (Å²) in [6.07, 6.45) is 8.39. The predicted octanol–water partition coefficient (Wildman–Crippen LogP) is 3.68. The maximum Gasteiger partial charge on any atom is 0.127 e. The molecule has 0 aromatic heterocycles. The smallest absolute Gasteiger partial charge is 0.127 e. The van der Waals surface area contributed by atoms with Crippen molar-refractivity contribution in [1.82, 2.24) is 0 Å². The first-order chi connectivity index (χ1) is 7.86. The Morgan fingerprint density at radius 3 is 2.69 bits per heavy atom. The van der Waals surface area contributed by atoms with Gasteiger partial charge in [0.2, 0.25) is 0 Å². The van der Waals surface area contributed by atoms with Crippen molar-refractivity contribution in [2.75, 3.05) is 0 Å². The predicted molar refractivity (Wildman–Crippen MR) is 66.7 cm³/mol. The van der Waals surface area contributed by atoms with Gasteiger partial charge in [0.15, 0.2) is 0 Å². The van der Waals surface area contributed by atoms with Gasteiger partial charge < -0.3 is 4.84 Å². The van der Waals surface area contributed by atoms with E-state index in [4.69, 9.17) is 4.84 Å². The molecule has 0 N–H and O–H groups in total. The third kappa shape index (κ3) is 3.09. The molecule has 2 nitrogen and oxygen atoms in total. The average Bonchev–Trinajstić information content (AvgIpc) is 2.33. The van der Waals surface area contributed by atoms with E-state index in [1.54, 1.807) is 0 Å². The zero-order valence-corrected chi connectivity index (χ0v) is 9.86. The minimum atomic E-state index is 0.342. The molecule has 2 rings (SSSR count). The molecule has 1 saturated carbocycles. The summed E-state index contributed by atoms with van der Waals surface area (Å²) in [5.41, 5.74) is 2.37. The third-order valence-corrected chi connectivity index (χ3v) is 3.14. The lowest BCUT2D eigenvalue weighted by molar-refractivity contribution is 0.0340. The van der Waals surface area contributed by atoms with Crippen LogP contribution in [0, 0.1) is 6.92 Å². The second kappa shape index (κ2) is 5.69. The largest absolute Gasteiger partial charge is 0.393 e. The number of hydrogen-bond donors (Lipinski definition) is 0. The highest BCUT2D eigenvalue weighted by Gasteiger charge is 2.13. The lowest BCUT2D eigenvalue weighted by Gasteiger charge is -2.18. The van der Waals surface area contributed by atoms with E-state index in [9.17, 15) is 0 Å². The second-order valence-electron chi connectivity index (χ2n) is 4.46. The number of aryl methyl sites for hydroxylation is 1. The zero-order valence-electron chi connectivity index (χ0n) is 9.86. The first kappa shape index (κ1) is 11.2. The van der Waals surface area contributed by atoms with Gasteiger partial charge in [0.25, 0.3) is 0 Å². The van der Waals surface area contributed by atoms with Crippen LogP contribution in [0.4, 0.5) is 0 Å². The molecule has 0 radical (unpaired) electrons. The van der Waals surface area contributed by atoms with Gasteiger partial charge in [-0.1, -0.05) is 35.8 Å². The van der Waals surface area contributed by atoms with Crippen LogP contribution < -0.4 is 0 Å². The van der Waals surface area contributed by atoms with Crippen LogP contribution in [0.3, 0.4) is 0 Å². The molecule has 1 fully saturated rings. The van der Waals surface area contributed by atoms with E-state index < -0.39 is 0 Å². The molecule has 86 valence electrons. The van der Waals surface area contributed by atoms with Gasteiger partial charge in [-0.15, -0.1) is 0 Å². The van der Waals surface area contributed by atoms with Crippen LogP contribution in [0.5, 0.6) is 0 Å². The molecule has 0 atom stereocenters. The molecular weight excluding hydrogens is 198 g/mol. The molecule has 0 bridgehead atoms. The standard InChI is InChI=1S/C14H19NO/c1-12-7-5-6-8-13(12)11-15-16-14-9-3-2-4-10-14/h5-8,11,14H,2-4,9-10H2,1H3. The minimum absolute atomic E-state index is 0.342. The molecule has 0 amide bonds. The van der Waals surface area contributed by atoms with Crippen LogP contribution in [-0.4, -0.2) is 12.3 Å². The fourth-order valence-corrected chi connectivity index (χ4v) is 2.08. The number of nitrogens with zero attached hydrogens (tertiary/aromatic N) is 1. The summed E-state index contributed by atoms with van der Waals surface area (Å²) < 4.78 is 0. The summed E-state index contributed by atoms with van der Waals surface area (Å²) in [7, 11) is 0. The van der Waals surface area contributed by atoms with Crippen LogP contribution in [0.2, 0.25) is 0 Å². The Kier molecular flexibility index (Phi) is 3.97. The summed E-state index contributed by atoms with van der Waals surface area (Å²) >= 11 is 0. The molecule has 0 spiro atoms. The topological polar surface area (TPSA) is 21.6 Å². The third-order valence-electron chi connectivity index (χ3n) is 3.14. The van der Waals surface area contributed by atoms with Crippen LogP contribution >= 0.6 is 0 Å². The van der Waals surface area contributed by atoms with E-state index in [1.807, 2.05) is 18.3 Å². The van der Waals surface area contributed by atoms with Crippen molar-refractivity contribution in [3.05, 3.63) is 35.4 Å². The van der Waals surface area contributed by atoms with Crippen molar-refractivity contribution >= 4 is 6.21 Å². The van der Waals surface area contributed by atoms with Crippen molar-refractivity contribution < 1.29 is 4.84 Å². The molecule has 16 heavy (non-hydrogen) atoms. The highest BCUT2D eigenvalue weighted by atomic mass is 16.6. The number of oxime groups is 1. The molecule has 1 aliphatic carbocycles. The van der Waals surface area contributed by atoms with Crippen molar-refractivity contribution in [3.63, 3.8) is 0 Å². The lowest BCUT2D eigenvalue weighted by atomic mass is 9.98. The first-order valence-electron chi connectivity index (χ1n) is 6.11. The number of rotatable bonds is 3. The van der Waals surface area contributed by atoms with Crippen molar-refractivity contribution in [2.45, 2.75) is 45.1 Å². The van der Waals surface area contributed by atoms with E-state index in [0.717, 1.165) is 18.4 Å². The van der Waals surface area contributed by atoms with Gasteiger partial charge in [0.1, 0.15) is 6.10 Å². The molecule has 1 aromatic rings. The summed E-state index contributed by atoms with van der Waals surface area (Å²) in [6, 6.07) is 8.20. The Bertz CT molecular complexity index is 354. The van der Waals surface area contributed by atoms with E-state index in [1.165, 1.54) is 24.8 Å². The van der Waals surface area contributed by atoms with Gasteiger partial charge in [0, 0.05) is 0 Å². The molecule has 2 heteroatoms. The molecule has 0 heterocycles. The van der Waals surface area contributed by atoms with Gasteiger partial charge in [-0.25, -0.2) is 0 Å². The SMILES string of the molecule is Cc1ccccc1C=NOC1CCCCC1. The van der Waals surface area contributed by atoms with Crippen LogP contribution in [-0.2, 0) is 4.84 Å². The fourth-order valence-electron chi connectivity index (χ4n) is 2.08. The maximum atomic E-state index is 5.51. The van der Waals surface area contributed by atoms with Crippen LogP contribution in [0.15, 0.2) is 29.4 Å². The first-order valence-corrected chi connectivity index (χ1v) is 6.11. The van der Waals surface area contributed by atoms with Crippen molar-refractivity contribution in [2.24, 2.45) is 5.16 Å². The molecule has 1 aromatic carbocycles. The van der Waals surface area contributed by atoms with Gasteiger partial charge >= 0.3 is 0 Å². The molecular formula is C14H19NO. The number of benzene rings is 1. The van der Waals surface area contributed by atoms with E-state index in [0.29, 0.717) is 6.10 Å². The van der Waals surface area contributed by atoms with Gasteiger partial charge in [-0.3, -0.25) is 0 Å². The Hall–Kier alpha value is -1.31. The monoisotopic (exact) mass is 217 g/mol. The molecule has 0 saturated heterocycles.